The fourth-order valence-electron chi connectivity index (χ4n) is 4.62. The van der Waals surface area contributed by atoms with Crippen LogP contribution in [0.2, 0.25) is 5.02 Å². The molecule has 3 heterocycles. The number of hydrogen-bond acceptors (Lipinski definition) is 6. The van der Waals surface area contributed by atoms with Gasteiger partial charge in [0.05, 0.1) is 24.9 Å². The number of ether oxygens (including phenoxy) is 2. The molecular formula is C27H29ClN4O3. The summed E-state index contributed by atoms with van der Waals surface area (Å²) in [7, 11) is 0. The van der Waals surface area contributed by atoms with Gasteiger partial charge in [0.25, 0.3) is 5.91 Å². The molecule has 0 radical (unpaired) electrons. The van der Waals surface area contributed by atoms with E-state index in [1.54, 1.807) is 6.20 Å². The van der Waals surface area contributed by atoms with Gasteiger partial charge >= 0.3 is 0 Å². The maximum absolute atomic E-state index is 13.4. The summed E-state index contributed by atoms with van der Waals surface area (Å²) in [6.45, 7) is 5.65. The predicted octanol–water partition coefficient (Wildman–Crippen LogP) is 4.49. The van der Waals surface area contributed by atoms with Crippen LogP contribution in [-0.4, -0.2) is 71.7 Å². The molecule has 0 spiro atoms. The Bertz CT molecular complexity index is 1150. The Morgan fingerprint density at radius 2 is 1.91 bits per heavy atom. The highest BCUT2D eigenvalue weighted by Crippen LogP contribution is 2.33. The van der Waals surface area contributed by atoms with E-state index < -0.39 is 0 Å². The van der Waals surface area contributed by atoms with Gasteiger partial charge in [0, 0.05) is 48.5 Å². The third-order valence-electron chi connectivity index (χ3n) is 6.50. The van der Waals surface area contributed by atoms with Crippen molar-refractivity contribution in [1.82, 2.24) is 19.8 Å². The summed E-state index contributed by atoms with van der Waals surface area (Å²) in [6.07, 6.45) is 3.57. The molecule has 2 fully saturated rings. The summed E-state index contributed by atoms with van der Waals surface area (Å²) in [5, 5.41) is 0.641. The molecule has 8 heteroatoms. The number of hydrogen-bond donors (Lipinski definition) is 0. The zero-order valence-electron chi connectivity index (χ0n) is 19.6. The van der Waals surface area contributed by atoms with Crippen LogP contribution < -0.4 is 4.74 Å². The van der Waals surface area contributed by atoms with E-state index >= 15 is 0 Å². The number of likely N-dealkylation sites (tertiary alicyclic amines) is 1. The quantitative estimate of drug-likeness (QED) is 0.484. The lowest BCUT2D eigenvalue weighted by molar-refractivity contribution is 0.0322. The van der Waals surface area contributed by atoms with Crippen LogP contribution in [0.5, 0.6) is 5.75 Å². The molecule has 0 unspecified atom stereocenters. The first-order valence-corrected chi connectivity index (χ1v) is 12.5. The SMILES string of the molecule is O=C(c1ccc(OCCN2CCOCC2)cc1)N1CCC[C@@H]1c1ccnc(-c2cccc(Cl)c2)n1. The molecule has 2 saturated heterocycles. The zero-order chi connectivity index (χ0) is 24.0. The molecule has 2 aromatic carbocycles. The monoisotopic (exact) mass is 492 g/mol. The predicted molar refractivity (Wildman–Crippen MR) is 135 cm³/mol. The first-order chi connectivity index (χ1) is 17.2. The van der Waals surface area contributed by atoms with Crippen LogP contribution in [0.1, 0.15) is 34.9 Å². The summed E-state index contributed by atoms with van der Waals surface area (Å²) in [5.41, 5.74) is 2.37. The molecule has 0 N–H and O–H groups in total. The lowest BCUT2D eigenvalue weighted by Crippen LogP contribution is -2.38. The van der Waals surface area contributed by atoms with Crippen molar-refractivity contribution in [3.63, 3.8) is 0 Å². The molecule has 35 heavy (non-hydrogen) atoms. The van der Waals surface area contributed by atoms with Crippen LogP contribution in [0, 0.1) is 0 Å². The lowest BCUT2D eigenvalue weighted by atomic mass is 10.1. The van der Waals surface area contributed by atoms with Crippen molar-refractivity contribution in [2.75, 3.05) is 46.0 Å². The largest absolute Gasteiger partial charge is 0.492 e. The van der Waals surface area contributed by atoms with Crippen molar-refractivity contribution in [3.8, 4) is 17.1 Å². The second-order valence-electron chi connectivity index (χ2n) is 8.80. The number of rotatable bonds is 7. The minimum Gasteiger partial charge on any atom is -0.492 e. The van der Waals surface area contributed by atoms with Gasteiger partial charge in [0.2, 0.25) is 0 Å². The lowest BCUT2D eigenvalue weighted by Gasteiger charge is -2.26. The van der Waals surface area contributed by atoms with Gasteiger partial charge in [-0.15, -0.1) is 0 Å². The van der Waals surface area contributed by atoms with Gasteiger partial charge in [-0.3, -0.25) is 9.69 Å². The molecule has 1 atom stereocenters. The minimum absolute atomic E-state index is 0.00952. The first kappa shape index (κ1) is 23.7. The zero-order valence-corrected chi connectivity index (χ0v) is 20.4. The number of benzene rings is 2. The first-order valence-electron chi connectivity index (χ1n) is 12.1. The number of carbonyl (C=O) groups is 1. The minimum atomic E-state index is -0.0760. The summed E-state index contributed by atoms with van der Waals surface area (Å²) in [4.78, 5) is 26.8. The molecule has 3 aromatic rings. The van der Waals surface area contributed by atoms with Crippen LogP contribution >= 0.6 is 11.6 Å². The van der Waals surface area contributed by atoms with Crippen LogP contribution in [0.3, 0.4) is 0 Å². The van der Waals surface area contributed by atoms with E-state index in [2.05, 4.69) is 9.88 Å². The molecule has 2 aliphatic rings. The standard InChI is InChI=1S/C27H29ClN4O3/c28-22-4-1-3-21(19-22)26-29-11-10-24(30-26)25-5-2-12-32(25)27(33)20-6-8-23(9-7-20)35-18-15-31-13-16-34-17-14-31/h1,3-4,6-11,19,25H,2,5,12-18H2/t25-/m1/s1. The molecule has 1 aromatic heterocycles. The topological polar surface area (TPSA) is 67.8 Å². The summed E-state index contributed by atoms with van der Waals surface area (Å²) < 4.78 is 11.3. The van der Waals surface area contributed by atoms with Crippen LogP contribution in [-0.2, 0) is 4.74 Å². The van der Waals surface area contributed by atoms with Gasteiger partial charge in [0.15, 0.2) is 5.82 Å². The smallest absolute Gasteiger partial charge is 0.254 e. The molecule has 5 rings (SSSR count). The number of aromatic nitrogens is 2. The molecular weight excluding hydrogens is 464 g/mol. The highest BCUT2D eigenvalue weighted by atomic mass is 35.5. The second-order valence-corrected chi connectivity index (χ2v) is 9.24. The van der Waals surface area contributed by atoms with Gasteiger partial charge < -0.3 is 14.4 Å². The number of halogens is 1. The van der Waals surface area contributed by atoms with E-state index in [1.165, 1.54) is 0 Å². The van der Waals surface area contributed by atoms with E-state index in [0.29, 0.717) is 29.6 Å². The molecule has 0 saturated carbocycles. The summed E-state index contributed by atoms with van der Waals surface area (Å²) in [5.74, 6) is 1.40. The Labute approximate surface area is 210 Å². The number of carbonyl (C=O) groups excluding carboxylic acids is 1. The average Bonchev–Trinajstić information content (AvgIpc) is 3.40. The van der Waals surface area contributed by atoms with Gasteiger partial charge in [-0.2, -0.15) is 0 Å². The molecule has 1 amide bonds. The van der Waals surface area contributed by atoms with E-state index in [-0.39, 0.29) is 11.9 Å². The van der Waals surface area contributed by atoms with Crippen molar-refractivity contribution < 1.29 is 14.3 Å². The highest BCUT2D eigenvalue weighted by molar-refractivity contribution is 6.30. The fraction of sp³-hybridized carbons (Fsp3) is 0.370. The van der Waals surface area contributed by atoms with E-state index in [9.17, 15) is 4.79 Å². The second kappa shape index (κ2) is 11.2. The average molecular weight is 493 g/mol. The fourth-order valence-corrected chi connectivity index (χ4v) is 4.81. The number of nitrogens with zero attached hydrogens (tertiary/aromatic N) is 4. The maximum Gasteiger partial charge on any atom is 0.254 e. The van der Waals surface area contributed by atoms with Crippen molar-refractivity contribution in [2.45, 2.75) is 18.9 Å². The number of morpholine rings is 1. The number of amides is 1. The van der Waals surface area contributed by atoms with E-state index in [4.69, 9.17) is 26.1 Å². The third kappa shape index (κ3) is 5.81. The maximum atomic E-state index is 13.4. The van der Waals surface area contributed by atoms with Crippen molar-refractivity contribution >= 4 is 17.5 Å². The Hall–Kier alpha value is -3.00. The van der Waals surface area contributed by atoms with Gasteiger partial charge in [-0.25, -0.2) is 9.97 Å². The van der Waals surface area contributed by atoms with Gasteiger partial charge in [-0.1, -0.05) is 23.7 Å². The molecule has 182 valence electrons. The Morgan fingerprint density at radius 3 is 2.71 bits per heavy atom. The van der Waals surface area contributed by atoms with Crippen molar-refractivity contribution in [2.24, 2.45) is 0 Å². The van der Waals surface area contributed by atoms with Gasteiger partial charge in [0.1, 0.15) is 12.4 Å². The highest BCUT2D eigenvalue weighted by Gasteiger charge is 2.32. The molecule has 2 aliphatic heterocycles. The Balaban J connectivity index is 1.23. The Kier molecular flexibility index (Phi) is 7.57. The molecule has 0 bridgehead atoms. The summed E-state index contributed by atoms with van der Waals surface area (Å²) >= 11 is 6.14. The Morgan fingerprint density at radius 1 is 1.09 bits per heavy atom. The van der Waals surface area contributed by atoms with Crippen molar-refractivity contribution in [1.29, 1.82) is 0 Å². The van der Waals surface area contributed by atoms with E-state index in [0.717, 1.165) is 62.7 Å². The summed E-state index contributed by atoms with van der Waals surface area (Å²) in [6, 6.07) is 16.8. The molecule has 0 aliphatic carbocycles. The molecule has 7 nitrogen and oxygen atoms in total. The van der Waals surface area contributed by atoms with Crippen LogP contribution in [0.4, 0.5) is 0 Å². The van der Waals surface area contributed by atoms with Crippen LogP contribution in [0.15, 0.2) is 60.8 Å². The van der Waals surface area contributed by atoms with E-state index in [1.807, 2.05) is 59.5 Å². The van der Waals surface area contributed by atoms with Crippen molar-refractivity contribution in [3.05, 3.63) is 77.1 Å². The third-order valence-corrected chi connectivity index (χ3v) is 6.73. The van der Waals surface area contributed by atoms with Gasteiger partial charge in [-0.05, 0) is 55.3 Å². The normalized spacial score (nSPS) is 18.5. The van der Waals surface area contributed by atoms with Crippen LogP contribution in [0.25, 0.3) is 11.4 Å².